The van der Waals surface area contributed by atoms with Gasteiger partial charge >= 0.3 is 6.18 Å². The fourth-order valence-electron chi connectivity index (χ4n) is 2.99. The molecule has 5 nitrogen and oxygen atoms in total. The number of hydrogen-bond donors (Lipinski definition) is 1. The lowest BCUT2D eigenvalue weighted by Crippen LogP contribution is -2.26. The Kier molecular flexibility index (Phi) is 6.05. The molecule has 1 heterocycles. The second-order valence-electron chi connectivity index (χ2n) is 6.55. The Morgan fingerprint density at radius 3 is 2.47 bits per heavy atom. The number of methoxy groups -OCH3 is 2. The van der Waals surface area contributed by atoms with E-state index >= 15 is 0 Å². The number of halogens is 3. The molecule has 1 unspecified atom stereocenters. The zero-order chi connectivity index (χ0) is 21.9. The minimum atomic E-state index is -4.46. The van der Waals surface area contributed by atoms with Crippen LogP contribution in [0.4, 0.5) is 13.2 Å². The zero-order valence-electron chi connectivity index (χ0n) is 16.5. The molecule has 3 rings (SSSR count). The minimum Gasteiger partial charge on any atom is -0.497 e. The van der Waals surface area contributed by atoms with Crippen LogP contribution in [0.1, 0.15) is 34.6 Å². The van der Waals surface area contributed by atoms with E-state index in [9.17, 15) is 18.0 Å². The summed E-state index contributed by atoms with van der Waals surface area (Å²) in [6.45, 7) is 1.77. The largest absolute Gasteiger partial charge is 0.497 e. The molecular weight excluding hydrogens is 399 g/mol. The summed E-state index contributed by atoms with van der Waals surface area (Å²) in [5.41, 5.74) is 0.141. The highest BCUT2D eigenvalue weighted by molar-refractivity contribution is 5.92. The van der Waals surface area contributed by atoms with Crippen molar-refractivity contribution in [3.63, 3.8) is 0 Å². The van der Waals surface area contributed by atoms with Gasteiger partial charge in [0.1, 0.15) is 17.3 Å². The number of furan rings is 1. The first-order valence-corrected chi connectivity index (χ1v) is 9.03. The first-order valence-electron chi connectivity index (χ1n) is 9.03. The number of amides is 1. The van der Waals surface area contributed by atoms with Gasteiger partial charge in [-0.1, -0.05) is 12.1 Å². The number of hydrogen-bond acceptors (Lipinski definition) is 4. The molecule has 2 aromatic carbocycles. The second kappa shape index (κ2) is 8.52. The van der Waals surface area contributed by atoms with E-state index in [-0.39, 0.29) is 17.1 Å². The van der Waals surface area contributed by atoms with E-state index in [4.69, 9.17) is 13.9 Å². The highest BCUT2D eigenvalue weighted by atomic mass is 19.4. The highest BCUT2D eigenvalue weighted by Crippen LogP contribution is 2.33. The molecule has 1 N–H and O–H groups in total. The smallest absolute Gasteiger partial charge is 0.416 e. The fourth-order valence-corrected chi connectivity index (χ4v) is 2.99. The van der Waals surface area contributed by atoms with Gasteiger partial charge in [-0.2, -0.15) is 13.2 Å². The van der Waals surface area contributed by atoms with Crippen LogP contribution in [-0.4, -0.2) is 20.1 Å². The van der Waals surface area contributed by atoms with Gasteiger partial charge in [0.2, 0.25) is 0 Å². The average Bonchev–Trinajstić information content (AvgIpc) is 3.23. The quantitative estimate of drug-likeness (QED) is 0.575. The molecule has 1 aromatic heterocycles. The standard InChI is InChI=1S/C22H20F3NO4/c1-13(17-12-16(28-2)7-8-19(17)29-3)26-21(27)20-10-9-18(30-20)14-5-4-6-15(11-14)22(23,24)25/h4-13H,1-3H3,(H,26,27). The number of nitrogens with one attached hydrogen (secondary N) is 1. The number of ether oxygens (including phenoxy) is 2. The van der Waals surface area contributed by atoms with E-state index in [1.54, 1.807) is 25.1 Å². The second-order valence-corrected chi connectivity index (χ2v) is 6.55. The molecule has 0 radical (unpaired) electrons. The lowest BCUT2D eigenvalue weighted by atomic mass is 10.1. The number of alkyl halides is 3. The lowest BCUT2D eigenvalue weighted by Gasteiger charge is -2.17. The van der Waals surface area contributed by atoms with E-state index in [1.807, 2.05) is 0 Å². The molecule has 0 aliphatic carbocycles. The highest BCUT2D eigenvalue weighted by Gasteiger charge is 2.30. The van der Waals surface area contributed by atoms with E-state index < -0.39 is 23.7 Å². The Morgan fingerprint density at radius 2 is 1.80 bits per heavy atom. The monoisotopic (exact) mass is 419 g/mol. The molecule has 0 fully saturated rings. The predicted octanol–water partition coefficient (Wildman–Crippen LogP) is 5.47. The van der Waals surface area contributed by atoms with Crippen LogP contribution < -0.4 is 14.8 Å². The van der Waals surface area contributed by atoms with Crippen LogP contribution in [-0.2, 0) is 6.18 Å². The van der Waals surface area contributed by atoms with E-state index in [0.717, 1.165) is 12.1 Å². The maximum atomic E-state index is 12.9. The van der Waals surface area contributed by atoms with Gasteiger partial charge in [-0.15, -0.1) is 0 Å². The summed E-state index contributed by atoms with van der Waals surface area (Å²) in [6.07, 6.45) is -4.46. The summed E-state index contributed by atoms with van der Waals surface area (Å²) in [4.78, 5) is 12.6. The summed E-state index contributed by atoms with van der Waals surface area (Å²) in [7, 11) is 3.06. The Balaban J connectivity index is 1.79. The van der Waals surface area contributed by atoms with Gasteiger partial charge in [-0.05, 0) is 49.4 Å². The van der Waals surface area contributed by atoms with Crippen molar-refractivity contribution in [1.29, 1.82) is 0 Å². The number of carbonyl (C=O) groups excluding carboxylic acids is 1. The number of rotatable bonds is 6. The van der Waals surface area contributed by atoms with Crippen LogP contribution in [0, 0.1) is 0 Å². The SMILES string of the molecule is COc1ccc(OC)c(C(C)NC(=O)c2ccc(-c3cccc(C(F)(F)F)c3)o2)c1. The molecule has 1 amide bonds. The van der Waals surface area contributed by atoms with Crippen molar-refractivity contribution in [1.82, 2.24) is 5.32 Å². The maximum Gasteiger partial charge on any atom is 0.416 e. The van der Waals surface area contributed by atoms with Gasteiger partial charge < -0.3 is 19.2 Å². The van der Waals surface area contributed by atoms with Gasteiger partial charge in [0.25, 0.3) is 5.91 Å². The van der Waals surface area contributed by atoms with E-state index in [1.165, 1.54) is 38.5 Å². The van der Waals surface area contributed by atoms with E-state index in [0.29, 0.717) is 17.1 Å². The Hall–Kier alpha value is -3.42. The number of benzene rings is 2. The molecule has 0 saturated carbocycles. The topological polar surface area (TPSA) is 60.7 Å². The molecule has 0 aliphatic rings. The molecule has 158 valence electrons. The van der Waals surface area contributed by atoms with Gasteiger partial charge in [-0.25, -0.2) is 0 Å². The van der Waals surface area contributed by atoms with Gasteiger partial charge in [0, 0.05) is 11.1 Å². The summed E-state index contributed by atoms with van der Waals surface area (Å²) in [6, 6.07) is 12.4. The van der Waals surface area contributed by atoms with Gasteiger partial charge in [0.05, 0.1) is 25.8 Å². The lowest BCUT2D eigenvalue weighted by molar-refractivity contribution is -0.137. The third kappa shape index (κ3) is 4.59. The Labute approximate surface area is 171 Å². The Bertz CT molecular complexity index is 1040. The Morgan fingerprint density at radius 1 is 1.03 bits per heavy atom. The summed E-state index contributed by atoms with van der Waals surface area (Å²) in [5, 5.41) is 2.79. The minimum absolute atomic E-state index is 0.0175. The molecule has 3 aromatic rings. The van der Waals surface area contributed by atoms with Crippen LogP contribution in [0.15, 0.2) is 59.0 Å². The van der Waals surface area contributed by atoms with Crippen molar-refractivity contribution in [3.8, 4) is 22.8 Å². The molecule has 8 heteroatoms. The molecular formula is C22H20F3NO4. The van der Waals surface area contributed by atoms with Crippen LogP contribution >= 0.6 is 0 Å². The first kappa shape index (κ1) is 21.3. The third-order valence-corrected chi connectivity index (χ3v) is 4.56. The van der Waals surface area contributed by atoms with Gasteiger partial charge in [0.15, 0.2) is 5.76 Å². The third-order valence-electron chi connectivity index (χ3n) is 4.56. The maximum absolute atomic E-state index is 12.9. The zero-order valence-corrected chi connectivity index (χ0v) is 16.5. The van der Waals surface area contributed by atoms with Crippen molar-refractivity contribution >= 4 is 5.91 Å². The van der Waals surface area contributed by atoms with Crippen LogP contribution in [0.5, 0.6) is 11.5 Å². The molecule has 0 saturated heterocycles. The number of carbonyl (C=O) groups is 1. The summed E-state index contributed by atoms with van der Waals surface area (Å²) < 4.78 is 54.8. The molecule has 0 spiro atoms. The normalized spacial score (nSPS) is 12.3. The summed E-state index contributed by atoms with van der Waals surface area (Å²) >= 11 is 0. The van der Waals surface area contributed by atoms with Crippen molar-refractivity contribution < 1.29 is 31.9 Å². The van der Waals surface area contributed by atoms with Crippen LogP contribution in [0.2, 0.25) is 0 Å². The molecule has 1 atom stereocenters. The fraction of sp³-hybridized carbons (Fsp3) is 0.227. The van der Waals surface area contributed by atoms with E-state index in [2.05, 4.69) is 5.32 Å². The molecule has 0 bridgehead atoms. The van der Waals surface area contributed by atoms with Crippen molar-refractivity contribution in [3.05, 3.63) is 71.5 Å². The molecule has 30 heavy (non-hydrogen) atoms. The van der Waals surface area contributed by atoms with Crippen LogP contribution in [0.25, 0.3) is 11.3 Å². The first-order chi connectivity index (χ1) is 14.2. The van der Waals surface area contributed by atoms with Crippen LogP contribution in [0.3, 0.4) is 0 Å². The van der Waals surface area contributed by atoms with Crippen molar-refractivity contribution in [2.75, 3.05) is 14.2 Å². The van der Waals surface area contributed by atoms with Crippen molar-refractivity contribution in [2.45, 2.75) is 19.1 Å². The van der Waals surface area contributed by atoms with Gasteiger partial charge in [-0.3, -0.25) is 4.79 Å². The molecule has 0 aliphatic heterocycles. The summed E-state index contributed by atoms with van der Waals surface area (Å²) in [5.74, 6) is 0.823. The predicted molar refractivity (Wildman–Crippen MR) is 105 cm³/mol. The average molecular weight is 419 g/mol. The van der Waals surface area contributed by atoms with Crippen molar-refractivity contribution in [2.24, 2.45) is 0 Å².